The Morgan fingerprint density at radius 3 is 2.14 bits per heavy atom. The molecule has 1 aliphatic rings. The number of halogens is 3. The number of sulfone groups is 1. The van der Waals surface area contributed by atoms with E-state index in [1.54, 1.807) is 6.92 Å². The van der Waals surface area contributed by atoms with Crippen molar-refractivity contribution in [2.24, 2.45) is 11.8 Å². The molecule has 0 saturated heterocycles. The number of amides is 1. The lowest BCUT2D eigenvalue weighted by Gasteiger charge is -2.21. The zero-order valence-electron chi connectivity index (χ0n) is 12.1. The lowest BCUT2D eigenvalue weighted by molar-refractivity contribution is -0.120. The molecular weight excluding hydrogens is 319 g/mol. The van der Waals surface area contributed by atoms with Gasteiger partial charge in [0.25, 0.3) is 9.84 Å². The molecular formula is C14H16F3NO3S. The highest BCUT2D eigenvalue weighted by atomic mass is 32.2. The fourth-order valence-electron chi connectivity index (χ4n) is 2.27. The van der Waals surface area contributed by atoms with Crippen LogP contribution in [0.15, 0.2) is 29.2 Å². The molecule has 2 atom stereocenters. The molecule has 0 spiro atoms. The summed E-state index contributed by atoms with van der Waals surface area (Å²) in [4.78, 5) is 12.8. The first kappa shape index (κ1) is 16.8. The van der Waals surface area contributed by atoms with Crippen LogP contribution in [0.5, 0.6) is 0 Å². The van der Waals surface area contributed by atoms with Crippen molar-refractivity contribution in [3.05, 3.63) is 24.3 Å². The Morgan fingerprint density at radius 1 is 1.27 bits per heavy atom. The molecule has 1 aromatic rings. The Kier molecular flexibility index (Phi) is 4.25. The van der Waals surface area contributed by atoms with Gasteiger partial charge in [-0.15, -0.1) is 0 Å². The van der Waals surface area contributed by atoms with Gasteiger partial charge in [-0.2, -0.15) is 13.2 Å². The van der Waals surface area contributed by atoms with Crippen LogP contribution in [-0.2, 0) is 14.6 Å². The summed E-state index contributed by atoms with van der Waals surface area (Å²) in [6.45, 7) is 4.08. The van der Waals surface area contributed by atoms with Crippen LogP contribution in [0.2, 0.25) is 0 Å². The smallest absolute Gasteiger partial charge is 0.312 e. The van der Waals surface area contributed by atoms with E-state index >= 15 is 0 Å². The molecule has 2 rings (SSSR count). The molecule has 1 amide bonds. The molecule has 0 unspecified atom stereocenters. The normalized spacial score (nSPS) is 21.5. The van der Waals surface area contributed by atoms with Crippen LogP contribution >= 0.6 is 0 Å². The highest BCUT2D eigenvalue weighted by Crippen LogP contribution is 2.40. The van der Waals surface area contributed by atoms with E-state index in [9.17, 15) is 26.4 Å². The molecule has 8 heteroatoms. The van der Waals surface area contributed by atoms with E-state index in [1.165, 1.54) is 17.0 Å². The molecule has 0 N–H and O–H groups in total. The quantitative estimate of drug-likeness (QED) is 0.850. The summed E-state index contributed by atoms with van der Waals surface area (Å²) in [5.74, 6) is 0.173. The minimum atomic E-state index is -5.36. The van der Waals surface area contributed by atoms with Crippen LogP contribution < -0.4 is 4.90 Å². The van der Waals surface area contributed by atoms with Gasteiger partial charge in [-0.25, -0.2) is 8.42 Å². The number of carbonyl (C=O) groups is 1. The topological polar surface area (TPSA) is 54.5 Å². The zero-order valence-corrected chi connectivity index (χ0v) is 12.9. The maximum Gasteiger partial charge on any atom is 0.501 e. The molecule has 1 aromatic carbocycles. The molecule has 0 aliphatic heterocycles. The Balaban J connectivity index is 2.26. The molecule has 0 aromatic heterocycles. The summed E-state index contributed by atoms with van der Waals surface area (Å²) < 4.78 is 60.0. The molecule has 4 nitrogen and oxygen atoms in total. The van der Waals surface area contributed by atoms with Gasteiger partial charge >= 0.3 is 5.51 Å². The van der Waals surface area contributed by atoms with Crippen LogP contribution in [0.1, 0.15) is 20.3 Å². The minimum absolute atomic E-state index is 0.0569. The molecule has 122 valence electrons. The van der Waals surface area contributed by atoms with Crippen LogP contribution in [0, 0.1) is 11.8 Å². The Hall–Kier alpha value is -1.57. The van der Waals surface area contributed by atoms with Crippen molar-refractivity contribution in [2.45, 2.75) is 30.7 Å². The van der Waals surface area contributed by atoms with Crippen molar-refractivity contribution >= 4 is 21.4 Å². The number of carbonyl (C=O) groups excluding carboxylic acids is 1. The largest absolute Gasteiger partial charge is 0.501 e. The number of anilines is 1. The number of nitrogens with zero attached hydrogens (tertiary/aromatic N) is 1. The van der Waals surface area contributed by atoms with Crippen molar-refractivity contribution in [3.8, 4) is 0 Å². The van der Waals surface area contributed by atoms with E-state index in [1.807, 2.05) is 6.92 Å². The Bertz CT molecular complexity index is 668. The minimum Gasteiger partial charge on any atom is -0.312 e. The maximum atomic E-state index is 12.5. The van der Waals surface area contributed by atoms with Crippen molar-refractivity contribution in [3.63, 3.8) is 0 Å². The van der Waals surface area contributed by atoms with Gasteiger partial charge in [-0.05, 0) is 43.5 Å². The van der Waals surface area contributed by atoms with E-state index in [4.69, 9.17) is 0 Å². The summed E-state index contributed by atoms with van der Waals surface area (Å²) in [5.41, 5.74) is -4.94. The third-order valence-corrected chi connectivity index (χ3v) is 5.27. The predicted molar refractivity (Wildman–Crippen MR) is 75.0 cm³/mol. The van der Waals surface area contributed by atoms with Gasteiger partial charge in [0.1, 0.15) is 0 Å². The predicted octanol–water partition coefficient (Wildman–Crippen LogP) is 2.99. The highest BCUT2D eigenvalue weighted by Gasteiger charge is 2.47. The van der Waals surface area contributed by atoms with E-state index in [-0.39, 0.29) is 11.8 Å². The summed E-state index contributed by atoms with van der Waals surface area (Å²) in [6.07, 6.45) is 0.801. The van der Waals surface area contributed by atoms with Crippen molar-refractivity contribution < 1.29 is 26.4 Å². The fraction of sp³-hybridized carbons (Fsp3) is 0.500. The molecule has 1 fully saturated rings. The molecule has 0 radical (unpaired) electrons. The number of alkyl halides is 3. The number of benzene rings is 1. The van der Waals surface area contributed by atoms with Gasteiger partial charge in [0, 0.05) is 18.2 Å². The van der Waals surface area contributed by atoms with Gasteiger partial charge in [-0.3, -0.25) is 4.79 Å². The van der Waals surface area contributed by atoms with Gasteiger partial charge in [0.2, 0.25) is 5.91 Å². The SMILES string of the molecule is CCN(C(=O)[C@@H]1C[C@@H]1C)c1ccc(S(=O)(=O)C(F)(F)F)cc1. The lowest BCUT2D eigenvalue weighted by Crippen LogP contribution is -2.32. The molecule has 1 saturated carbocycles. The first-order chi connectivity index (χ1) is 10.1. The molecule has 1 aliphatic carbocycles. The van der Waals surface area contributed by atoms with Gasteiger partial charge in [0.05, 0.1) is 4.90 Å². The van der Waals surface area contributed by atoms with Crippen molar-refractivity contribution in [1.29, 1.82) is 0 Å². The van der Waals surface area contributed by atoms with Crippen LogP contribution in [0.3, 0.4) is 0 Å². The number of hydrogen-bond acceptors (Lipinski definition) is 3. The van der Waals surface area contributed by atoms with Crippen LogP contribution in [0.4, 0.5) is 18.9 Å². The Labute approximate surface area is 126 Å². The molecule has 0 bridgehead atoms. The lowest BCUT2D eigenvalue weighted by atomic mass is 10.2. The van der Waals surface area contributed by atoms with Gasteiger partial charge in [-0.1, -0.05) is 6.92 Å². The van der Waals surface area contributed by atoms with E-state index in [2.05, 4.69) is 0 Å². The number of rotatable bonds is 4. The van der Waals surface area contributed by atoms with E-state index < -0.39 is 20.2 Å². The van der Waals surface area contributed by atoms with Crippen molar-refractivity contribution in [1.82, 2.24) is 0 Å². The van der Waals surface area contributed by atoms with Crippen molar-refractivity contribution in [2.75, 3.05) is 11.4 Å². The van der Waals surface area contributed by atoms with Crippen LogP contribution in [-0.4, -0.2) is 26.4 Å². The van der Waals surface area contributed by atoms with Crippen LogP contribution in [0.25, 0.3) is 0 Å². The average molecular weight is 335 g/mol. The summed E-state index contributed by atoms with van der Waals surface area (Å²) in [5, 5.41) is 0. The molecule has 22 heavy (non-hydrogen) atoms. The maximum absolute atomic E-state index is 12.5. The third kappa shape index (κ3) is 2.97. The second kappa shape index (κ2) is 5.57. The van der Waals surface area contributed by atoms with E-state index in [0.29, 0.717) is 18.2 Å². The first-order valence-electron chi connectivity index (χ1n) is 6.82. The zero-order chi connectivity index (χ0) is 16.7. The monoisotopic (exact) mass is 335 g/mol. The highest BCUT2D eigenvalue weighted by molar-refractivity contribution is 7.92. The van der Waals surface area contributed by atoms with E-state index in [0.717, 1.165) is 18.6 Å². The fourth-order valence-corrected chi connectivity index (χ4v) is 3.03. The summed E-state index contributed by atoms with van der Waals surface area (Å²) in [7, 11) is -5.36. The van der Waals surface area contributed by atoms with Gasteiger partial charge in [0.15, 0.2) is 0 Å². The first-order valence-corrected chi connectivity index (χ1v) is 8.30. The summed E-state index contributed by atoms with van der Waals surface area (Å²) >= 11 is 0. The Morgan fingerprint density at radius 2 is 1.77 bits per heavy atom. The van der Waals surface area contributed by atoms with Gasteiger partial charge < -0.3 is 4.90 Å². The third-order valence-electron chi connectivity index (χ3n) is 3.77. The molecule has 0 heterocycles. The second-order valence-corrected chi connectivity index (χ2v) is 7.29. The number of hydrogen-bond donors (Lipinski definition) is 0. The second-order valence-electron chi connectivity index (χ2n) is 5.35. The summed E-state index contributed by atoms with van der Waals surface area (Å²) in [6, 6.07) is 4.22. The standard InChI is InChI=1S/C14H16F3NO3S/c1-3-18(13(19)12-8-9(12)2)10-4-6-11(7-5-10)22(20,21)14(15,16)17/h4-7,9,12H,3,8H2,1-2H3/t9-,12+/m0/s1. The average Bonchev–Trinajstić information content (AvgIpc) is 3.16.